The van der Waals surface area contributed by atoms with Crippen LogP contribution in [-0.4, -0.2) is 27.3 Å². The Morgan fingerprint density at radius 3 is 2.50 bits per heavy atom. The second kappa shape index (κ2) is 9.15. The summed E-state index contributed by atoms with van der Waals surface area (Å²) < 4.78 is 6.38. The van der Waals surface area contributed by atoms with Gasteiger partial charge in [-0.1, -0.05) is 40.2 Å². The number of phenolic OH excluding ortho intramolecular Hbond substituents is 1. The number of thioether (sulfide) groups is 1. The van der Waals surface area contributed by atoms with Gasteiger partial charge in [0.15, 0.2) is 5.17 Å². The summed E-state index contributed by atoms with van der Waals surface area (Å²) in [5.74, 6) is 0.646. The highest BCUT2D eigenvalue weighted by atomic mass is 79.9. The maximum absolute atomic E-state index is 13.0. The van der Waals surface area contributed by atoms with Gasteiger partial charge in [-0.05, 0) is 65.4 Å². The Labute approximate surface area is 185 Å². The fraction of sp³-hybridized carbons (Fsp3) is 0.0455. The van der Waals surface area contributed by atoms with Crippen molar-refractivity contribution in [3.63, 3.8) is 0 Å². The number of aromatic hydroxyl groups is 1. The van der Waals surface area contributed by atoms with Crippen molar-refractivity contribution in [1.29, 1.82) is 0 Å². The Morgan fingerprint density at radius 1 is 1.07 bits per heavy atom. The summed E-state index contributed by atoms with van der Waals surface area (Å²) in [4.78, 5) is 15.0. The van der Waals surface area contributed by atoms with Gasteiger partial charge in [0.2, 0.25) is 0 Å². The molecule has 0 radical (unpaired) electrons. The van der Waals surface area contributed by atoms with Crippen LogP contribution in [0.4, 0.5) is 0 Å². The molecule has 1 aliphatic heterocycles. The van der Waals surface area contributed by atoms with Gasteiger partial charge in [-0.3, -0.25) is 9.69 Å². The first kappa shape index (κ1) is 20.2. The molecule has 0 aliphatic carbocycles. The molecule has 2 heterocycles. The number of phenols is 1. The largest absolute Gasteiger partial charge is 0.508 e. The van der Waals surface area contributed by atoms with Crippen molar-refractivity contribution >= 4 is 51.1 Å². The lowest BCUT2D eigenvalue weighted by Gasteiger charge is -2.12. The monoisotopic (exact) mass is 481 g/mol. The van der Waals surface area contributed by atoms with E-state index in [0.717, 1.165) is 15.6 Å². The molecule has 1 amide bonds. The van der Waals surface area contributed by atoms with E-state index >= 15 is 0 Å². The van der Waals surface area contributed by atoms with Crippen molar-refractivity contribution < 1.29 is 14.3 Å². The van der Waals surface area contributed by atoms with Crippen molar-refractivity contribution in [2.24, 2.45) is 10.2 Å². The summed E-state index contributed by atoms with van der Waals surface area (Å²) in [7, 11) is 0. The number of rotatable bonds is 5. The van der Waals surface area contributed by atoms with E-state index in [1.54, 1.807) is 48.9 Å². The Morgan fingerprint density at radius 2 is 1.80 bits per heavy atom. The highest BCUT2D eigenvalue weighted by Gasteiger charge is 2.34. The Balaban J connectivity index is 1.60. The molecule has 0 saturated carbocycles. The van der Waals surface area contributed by atoms with Gasteiger partial charge in [0.05, 0.1) is 23.9 Å². The number of carbonyl (C=O) groups is 1. The van der Waals surface area contributed by atoms with E-state index in [1.165, 1.54) is 16.7 Å². The molecule has 150 valence electrons. The van der Waals surface area contributed by atoms with Gasteiger partial charge < -0.3 is 9.52 Å². The standard InChI is InChI=1S/C22H16BrN3O3S/c23-17-7-3-16(4-8-17)13-24-25-22-26(14-19-2-1-11-29-19)21(28)20(30-22)12-15-5-9-18(27)10-6-15/h1-13,27H,14H2/b20-12-,24-13+,25-22-. The predicted octanol–water partition coefficient (Wildman–Crippen LogP) is 5.25. The lowest BCUT2D eigenvalue weighted by molar-refractivity contribution is -0.122. The third-order valence-corrected chi connectivity index (χ3v) is 5.72. The number of amides is 1. The van der Waals surface area contributed by atoms with Crippen LogP contribution in [0.2, 0.25) is 0 Å². The van der Waals surface area contributed by atoms with Crippen molar-refractivity contribution in [2.75, 3.05) is 0 Å². The molecule has 1 aliphatic rings. The molecule has 0 unspecified atom stereocenters. The first-order valence-electron chi connectivity index (χ1n) is 8.98. The molecule has 8 heteroatoms. The number of nitrogens with zero attached hydrogens (tertiary/aromatic N) is 3. The average molecular weight is 482 g/mol. The zero-order valence-corrected chi connectivity index (χ0v) is 18.0. The highest BCUT2D eigenvalue weighted by Crippen LogP contribution is 2.34. The molecule has 2 aromatic carbocycles. The predicted molar refractivity (Wildman–Crippen MR) is 122 cm³/mol. The Bertz CT molecular complexity index is 1120. The Kier molecular flexibility index (Phi) is 6.15. The smallest absolute Gasteiger partial charge is 0.267 e. The van der Waals surface area contributed by atoms with E-state index in [2.05, 4.69) is 26.1 Å². The minimum Gasteiger partial charge on any atom is -0.508 e. The molecule has 0 spiro atoms. The quantitative estimate of drug-likeness (QED) is 0.306. The van der Waals surface area contributed by atoms with Gasteiger partial charge in [-0.15, -0.1) is 5.10 Å². The van der Waals surface area contributed by atoms with Crippen LogP contribution in [0.1, 0.15) is 16.9 Å². The van der Waals surface area contributed by atoms with Crippen molar-refractivity contribution in [1.82, 2.24) is 4.90 Å². The average Bonchev–Trinajstić information content (AvgIpc) is 3.35. The summed E-state index contributed by atoms with van der Waals surface area (Å²) in [6.07, 6.45) is 4.97. The maximum Gasteiger partial charge on any atom is 0.267 e. The van der Waals surface area contributed by atoms with Crippen LogP contribution >= 0.6 is 27.7 Å². The maximum atomic E-state index is 13.0. The number of hydrogen-bond donors (Lipinski definition) is 1. The third-order valence-electron chi connectivity index (χ3n) is 4.19. The zero-order chi connectivity index (χ0) is 20.9. The van der Waals surface area contributed by atoms with Crippen molar-refractivity contribution in [3.05, 3.63) is 93.2 Å². The van der Waals surface area contributed by atoms with Crippen LogP contribution in [-0.2, 0) is 11.3 Å². The number of amidine groups is 1. The van der Waals surface area contributed by atoms with Crippen LogP contribution in [0.3, 0.4) is 0 Å². The molecule has 1 aromatic heterocycles. The molecule has 30 heavy (non-hydrogen) atoms. The van der Waals surface area contributed by atoms with Crippen LogP contribution < -0.4 is 0 Å². The van der Waals surface area contributed by atoms with Gasteiger partial charge >= 0.3 is 0 Å². The minimum atomic E-state index is -0.179. The van der Waals surface area contributed by atoms with E-state index in [4.69, 9.17) is 4.42 Å². The molecule has 1 N–H and O–H groups in total. The minimum absolute atomic E-state index is 0.173. The second-order valence-electron chi connectivity index (χ2n) is 6.35. The number of hydrogen-bond acceptors (Lipinski definition) is 6. The van der Waals surface area contributed by atoms with Crippen LogP contribution in [0, 0.1) is 0 Å². The van der Waals surface area contributed by atoms with E-state index in [0.29, 0.717) is 15.8 Å². The molecule has 1 fully saturated rings. The van der Waals surface area contributed by atoms with E-state index < -0.39 is 0 Å². The first-order valence-corrected chi connectivity index (χ1v) is 10.6. The summed E-state index contributed by atoms with van der Waals surface area (Å²) >= 11 is 4.65. The van der Waals surface area contributed by atoms with E-state index in [-0.39, 0.29) is 18.2 Å². The number of carbonyl (C=O) groups excluding carboxylic acids is 1. The lowest BCUT2D eigenvalue weighted by Crippen LogP contribution is -2.28. The molecule has 0 bridgehead atoms. The number of benzene rings is 2. The summed E-state index contributed by atoms with van der Waals surface area (Å²) in [6.45, 7) is 0.262. The van der Waals surface area contributed by atoms with E-state index in [1.807, 2.05) is 30.3 Å². The van der Waals surface area contributed by atoms with Crippen LogP contribution in [0.15, 0.2) is 90.9 Å². The van der Waals surface area contributed by atoms with Gasteiger partial charge in [0, 0.05) is 4.47 Å². The van der Waals surface area contributed by atoms with Crippen LogP contribution in [0.25, 0.3) is 6.08 Å². The molecule has 6 nitrogen and oxygen atoms in total. The summed E-state index contributed by atoms with van der Waals surface area (Å²) in [5.41, 5.74) is 1.70. The number of halogens is 1. The first-order chi connectivity index (χ1) is 14.6. The van der Waals surface area contributed by atoms with Gasteiger partial charge in [-0.2, -0.15) is 5.10 Å². The molecule has 1 saturated heterocycles. The highest BCUT2D eigenvalue weighted by molar-refractivity contribution is 9.10. The fourth-order valence-corrected chi connectivity index (χ4v) is 3.90. The molecule has 0 atom stereocenters. The van der Waals surface area contributed by atoms with Crippen LogP contribution in [0.5, 0.6) is 5.75 Å². The second-order valence-corrected chi connectivity index (χ2v) is 8.28. The fourth-order valence-electron chi connectivity index (χ4n) is 2.70. The topological polar surface area (TPSA) is 78.4 Å². The molecular weight excluding hydrogens is 466 g/mol. The van der Waals surface area contributed by atoms with Gasteiger partial charge in [0.25, 0.3) is 5.91 Å². The van der Waals surface area contributed by atoms with Crippen molar-refractivity contribution in [3.8, 4) is 5.75 Å². The molecule has 4 rings (SSSR count). The van der Waals surface area contributed by atoms with E-state index in [9.17, 15) is 9.90 Å². The van der Waals surface area contributed by atoms with Gasteiger partial charge in [0.1, 0.15) is 11.5 Å². The summed E-state index contributed by atoms with van der Waals surface area (Å²) in [6, 6.07) is 17.9. The molecular formula is C22H16BrN3O3S. The SMILES string of the molecule is O=C1/C(=C/c2ccc(O)cc2)S/C(=N\N=C\c2ccc(Br)cc2)N1Cc1ccco1. The third kappa shape index (κ3) is 4.90. The number of furan rings is 1. The Hall–Kier alpha value is -3.10. The molecule has 3 aromatic rings. The zero-order valence-electron chi connectivity index (χ0n) is 15.6. The lowest BCUT2D eigenvalue weighted by atomic mass is 10.2. The summed E-state index contributed by atoms with van der Waals surface area (Å²) in [5, 5.41) is 18.4. The normalized spacial score (nSPS) is 17.0. The van der Waals surface area contributed by atoms with Crippen molar-refractivity contribution in [2.45, 2.75) is 6.54 Å². The van der Waals surface area contributed by atoms with Gasteiger partial charge in [-0.25, -0.2) is 0 Å².